The summed E-state index contributed by atoms with van der Waals surface area (Å²) in [6.07, 6.45) is 3.61. The largest absolute Gasteiger partial charge is 0.336 e. The number of hydrogen-bond acceptors (Lipinski definition) is 3. The van der Waals surface area contributed by atoms with Crippen LogP contribution < -0.4 is 4.72 Å². The molecule has 0 spiro atoms. The lowest BCUT2D eigenvalue weighted by Crippen LogP contribution is -2.34. The second kappa shape index (κ2) is 9.37. The van der Waals surface area contributed by atoms with Crippen molar-refractivity contribution in [3.05, 3.63) is 76.2 Å². The fraction of sp³-hybridized carbons (Fsp3) is 0.348. The summed E-state index contributed by atoms with van der Waals surface area (Å²) >= 11 is 0. The minimum atomic E-state index is -3.58. The van der Waals surface area contributed by atoms with Crippen LogP contribution >= 0.6 is 0 Å². The number of carbonyl (C=O) groups is 1. The number of nitrogens with zero attached hydrogens (tertiary/aromatic N) is 1. The quantitative estimate of drug-likeness (QED) is 0.749. The zero-order chi connectivity index (χ0) is 20.9. The maximum absolute atomic E-state index is 12.7. The second-order valence-electron chi connectivity index (χ2n) is 7.57. The number of hydrogen-bond donors (Lipinski definition) is 1. The highest BCUT2D eigenvalue weighted by molar-refractivity contribution is 7.92. The lowest BCUT2D eigenvalue weighted by atomic mass is 9.99. The third-order valence-electron chi connectivity index (χ3n) is 5.08. The molecule has 1 aliphatic rings. The van der Waals surface area contributed by atoms with Crippen molar-refractivity contribution in [2.75, 3.05) is 13.1 Å². The summed E-state index contributed by atoms with van der Waals surface area (Å²) in [7, 11) is -3.58. The van der Waals surface area contributed by atoms with Crippen molar-refractivity contribution in [1.29, 1.82) is 0 Å². The molecule has 2 aromatic carbocycles. The van der Waals surface area contributed by atoms with Gasteiger partial charge in [-0.05, 0) is 43.9 Å². The molecule has 0 saturated carbocycles. The molecule has 1 N–H and O–H groups in total. The van der Waals surface area contributed by atoms with E-state index in [0.29, 0.717) is 0 Å². The normalized spacial score (nSPS) is 17.2. The van der Waals surface area contributed by atoms with Crippen LogP contribution in [0.2, 0.25) is 0 Å². The van der Waals surface area contributed by atoms with E-state index in [1.165, 1.54) is 16.7 Å². The van der Waals surface area contributed by atoms with Gasteiger partial charge in [-0.25, -0.2) is 13.1 Å². The lowest BCUT2D eigenvalue weighted by molar-refractivity contribution is -0.131. The number of sulfonamides is 1. The fourth-order valence-corrected chi connectivity index (χ4v) is 4.66. The Morgan fingerprint density at radius 1 is 1.14 bits per heavy atom. The molecule has 0 bridgehead atoms. The van der Waals surface area contributed by atoms with E-state index >= 15 is 0 Å². The van der Waals surface area contributed by atoms with Gasteiger partial charge in [-0.2, -0.15) is 0 Å². The summed E-state index contributed by atoms with van der Waals surface area (Å²) in [6, 6.07) is 15.7. The molecule has 1 unspecified atom stereocenters. The van der Waals surface area contributed by atoms with Crippen LogP contribution in [0.5, 0.6) is 0 Å². The van der Waals surface area contributed by atoms with Gasteiger partial charge in [0.05, 0.1) is 6.04 Å². The summed E-state index contributed by atoms with van der Waals surface area (Å²) < 4.78 is 26.8. The van der Waals surface area contributed by atoms with Crippen LogP contribution in [0.3, 0.4) is 0 Å². The molecule has 0 radical (unpaired) electrons. The Balaban J connectivity index is 1.56. The first kappa shape index (κ1) is 21.3. The van der Waals surface area contributed by atoms with Crippen molar-refractivity contribution in [3.8, 4) is 0 Å². The average Bonchev–Trinajstić information content (AvgIpc) is 3.16. The van der Waals surface area contributed by atoms with E-state index < -0.39 is 10.0 Å². The Labute approximate surface area is 173 Å². The maximum Gasteiger partial charge on any atom is 0.233 e. The third kappa shape index (κ3) is 6.02. The number of rotatable bonds is 7. The van der Waals surface area contributed by atoms with Crippen molar-refractivity contribution in [2.24, 2.45) is 0 Å². The van der Waals surface area contributed by atoms with E-state index in [1.807, 2.05) is 35.2 Å². The van der Waals surface area contributed by atoms with E-state index in [4.69, 9.17) is 0 Å². The Morgan fingerprint density at radius 3 is 2.52 bits per heavy atom. The van der Waals surface area contributed by atoms with E-state index in [9.17, 15) is 13.2 Å². The number of carbonyl (C=O) groups excluding carboxylic acids is 1. The minimum absolute atomic E-state index is 0.0126. The van der Waals surface area contributed by atoms with Gasteiger partial charge < -0.3 is 4.90 Å². The highest BCUT2D eigenvalue weighted by Crippen LogP contribution is 2.33. The van der Waals surface area contributed by atoms with Crippen molar-refractivity contribution in [1.82, 2.24) is 9.62 Å². The number of aryl methyl sites for hydroxylation is 2. The molecule has 1 atom stereocenters. The maximum atomic E-state index is 12.7. The Morgan fingerprint density at radius 2 is 1.83 bits per heavy atom. The molecule has 154 valence electrons. The van der Waals surface area contributed by atoms with Gasteiger partial charge in [0, 0.05) is 24.9 Å². The van der Waals surface area contributed by atoms with Crippen LogP contribution in [0.15, 0.2) is 53.9 Å². The van der Waals surface area contributed by atoms with Crippen LogP contribution in [0.4, 0.5) is 0 Å². The topological polar surface area (TPSA) is 66.5 Å². The number of nitrogens with one attached hydrogen (secondary N) is 1. The lowest BCUT2D eigenvalue weighted by Gasteiger charge is -2.26. The van der Waals surface area contributed by atoms with Crippen LogP contribution in [0.1, 0.15) is 47.6 Å². The smallest absolute Gasteiger partial charge is 0.233 e. The summed E-state index contributed by atoms with van der Waals surface area (Å²) in [6.45, 7) is 4.94. The molecule has 0 aromatic heterocycles. The van der Waals surface area contributed by atoms with Gasteiger partial charge in [-0.1, -0.05) is 59.7 Å². The number of benzene rings is 2. The van der Waals surface area contributed by atoms with Gasteiger partial charge in [-0.15, -0.1) is 0 Å². The monoisotopic (exact) mass is 412 g/mol. The number of amides is 1. The molecule has 3 rings (SSSR count). The highest BCUT2D eigenvalue weighted by atomic mass is 32.2. The van der Waals surface area contributed by atoms with E-state index in [2.05, 4.69) is 36.8 Å². The van der Waals surface area contributed by atoms with Gasteiger partial charge in [0.25, 0.3) is 0 Å². The van der Waals surface area contributed by atoms with Crippen molar-refractivity contribution >= 4 is 22.0 Å². The van der Waals surface area contributed by atoms with Crippen molar-refractivity contribution in [2.45, 2.75) is 39.2 Å². The van der Waals surface area contributed by atoms with Gasteiger partial charge in [0.15, 0.2) is 0 Å². The van der Waals surface area contributed by atoms with Gasteiger partial charge in [-0.3, -0.25) is 4.79 Å². The molecule has 29 heavy (non-hydrogen) atoms. The predicted molar refractivity (Wildman–Crippen MR) is 117 cm³/mol. The summed E-state index contributed by atoms with van der Waals surface area (Å²) in [4.78, 5) is 14.6. The van der Waals surface area contributed by atoms with E-state index in [1.54, 1.807) is 6.08 Å². The zero-order valence-electron chi connectivity index (χ0n) is 17.0. The number of likely N-dealkylation sites (tertiary alicyclic amines) is 1. The van der Waals surface area contributed by atoms with Gasteiger partial charge >= 0.3 is 0 Å². The van der Waals surface area contributed by atoms with Crippen LogP contribution in [0.25, 0.3) is 6.08 Å². The Bertz CT molecular complexity index is 964. The Hall–Kier alpha value is -2.44. The molecule has 6 heteroatoms. The summed E-state index contributed by atoms with van der Waals surface area (Å²) in [5.41, 5.74) is 4.36. The zero-order valence-corrected chi connectivity index (χ0v) is 17.8. The molecular formula is C23H28N2O3S. The first-order valence-corrected chi connectivity index (χ1v) is 11.5. The molecule has 0 aliphatic carbocycles. The van der Waals surface area contributed by atoms with Crippen LogP contribution in [-0.2, 0) is 14.8 Å². The van der Waals surface area contributed by atoms with E-state index in [-0.39, 0.29) is 24.9 Å². The van der Waals surface area contributed by atoms with E-state index in [0.717, 1.165) is 30.4 Å². The highest BCUT2D eigenvalue weighted by Gasteiger charge is 2.29. The average molecular weight is 413 g/mol. The molecule has 1 heterocycles. The SMILES string of the molecule is Cc1cc(C)cc(C2CCCN2C(=O)CCNS(=O)(=O)/C=C/c2ccccc2)c1. The second-order valence-corrected chi connectivity index (χ2v) is 9.22. The van der Waals surface area contributed by atoms with Crippen molar-refractivity contribution < 1.29 is 13.2 Å². The molecule has 5 nitrogen and oxygen atoms in total. The van der Waals surface area contributed by atoms with Gasteiger partial charge in [0.2, 0.25) is 15.9 Å². The summed E-state index contributed by atoms with van der Waals surface area (Å²) in [5, 5.41) is 1.14. The molecule has 2 aromatic rings. The molecule has 1 saturated heterocycles. The summed E-state index contributed by atoms with van der Waals surface area (Å²) in [5.74, 6) is -0.0126. The molecular weight excluding hydrogens is 384 g/mol. The standard InChI is InChI=1S/C23H28N2O3S/c1-18-15-19(2)17-21(16-18)22-9-6-13-25(22)23(26)10-12-24-29(27,28)14-11-20-7-4-3-5-8-20/h3-5,7-8,11,14-17,22,24H,6,9-10,12-13H2,1-2H3/b14-11+. The molecule has 1 aliphatic heterocycles. The first-order chi connectivity index (χ1) is 13.8. The molecule has 1 fully saturated rings. The van der Waals surface area contributed by atoms with Crippen LogP contribution in [-0.4, -0.2) is 32.3 Å². The minimum Gasteiger partial charge on any atom is -0.336 e. The fourth-order valence-electron chi connectivity index (χ4n) is 3.84. The predicted octanol–water partition coefficient (Wildman–Crippen LogP) is 3.95. The molecule has 1 amide bonds. The van der Waals surface area contributed by atoms with Crippen molar-refractivity contribution in [3.63, 3.8) is 0 Å². The Kier molecular flexibility index (Phi) is 6.87. The first-order valence-electron chi connectivity index (χ1n) is 9.94. The van der Waals surface area contributed by atoms with Gasteiger partial charge in [0.1, 0.15) is 0 Å². The third-order valence-corrected chi connectivity index (χ3v) is 6.18. The van der Waals surface area contributed by atoms with Crippen LogP contribution in [0, 0.1) is 13.8 Å².